The number of thiophene rings is 1. The van der Waals surface area contributed by atoms with Crippen LogP contribution in [0.25, 0.3) is 0 Å². The molecule has 5 nitrogen and oxygen atoms in total. The summed E-state index contributed by atoms with van der Waals surface area (Å²) in [5, 5.41) is 6.42. The van der Waals surface area contributed by atoms with Crippen molar-refractivity contribution in [2.75, 3.05) is 19.6 Å². The fraction of sp³-hybridized carbons (Fsp3) is 0.529. The number of hydrogen-bond donors (Lipinski definition) is 0. The maximum atomic E-state index is 12.7. The monoisotopic (exact) mass is 330 g/mol. The van der Waals surface area contributed by atoms with Crippen molar-refractivity contribution in [3.05, 3.63) is 39.8 Å². The van der Waals surface area contributed by atoms with Gasteiger partial charge in [0.1, 0.15) is 0 Å². The van der Waals surface area contributed by atoms with Gasteiger partial charge in [0.15, 0.2) is 0 Å². The van der Waals surface area contributed by atoms with Crippen LogP contribution in [-0.2, 0) is 24.8 Å². The van der Waals surface area contributed by atoms with Crippen LogP contribution < -0.4 is 0 Å². The van der Waals surface area contributed by atoms with E-state index in [0.29, 0.717) is 12.6 Å². The highest BCUT2D eigenvalue weighted by Crippen LogP contribution is 2.31. The summed E-state index contributed by atoms with van der Waals surface area (Å²) in [4.78, 5) is 18.5. The molecule has 0 N–H and O–H groups in total. The Kier molecular flexibility index (Phi) is 3.95. The van der Waals surface area contributed by atoms with Crippen LogP contribution in [0.3, 0.4) is 0 Å². The first-order chi connectivity index (χ1) is 11.2. The minimum absolute atomic E-state index is 0.262. The van der Waals surface area contributed by atoms with Gasteiger partial charge in [0.2, 0.25) is 5.91 Å². The van der Waals surface area contributed by atoms with Crippen molar-refractivity contribution in [1.82, 2.24) is 19.6 Å². The average molecular weight is 330 g/mol. The van der Waals surface area contributed by atoms with E-state index in [1.165, 1.54) is 16.0 Å². The minimum atomic E-state index is 0.262. The van der Waals surface area contributed by atoms with Crippen LogP contribution in [-0.4, -0.2) is 45.1 Å². The van der Waals surface area contributed by atoms with E-state index in [2.05, 4.69) is 27.6 Å². The van der Waals surface area contributed by atoms with Crippen molar-refractivity contribution in [3.8, 4) is 0 Å². The van der Waals surface area contributed by atoms with Crippen molar-refractivity contribution >= 4 is 17.2 Å². The molecule has 6 heteroatoms. The van der Waals surface area contributed by atoms with Gasteiger partial charge >= 0.3 is 0 Å². The summed E-state index contributed by atoms with van der Waals surface area (Å²) in [6.07, 6.45) is 7.29. The van der Waals surface area contributed by atoms with E-state index in [0.717, 1.165) is 38.9 Å². The zero-order valence-electron chi connectivity index (χ0n) is 13.4. The summed E-state index contributed by atoms with van der Waals surface area (Å²) in [6.45, 7) is 3.17. The van der Waals surface area contributed by atoms with E-state index < -0.39 is 0 Å². The number of amides is 1. The topological polar surface area (TPSA) is 41.4 Å². The Morgan fingerprint density at radius 3 is 3.17 bits per heavy atom. The number of nitrogens with zero attached hydrogens (tertiary/aromatic N) is 4. The first-order valence-electron chi connectivity index (χ1n) is 8.26. The van der Waals surface area contributed by atoms with Crippen LogP contribution in [0.2, 0.25) is 0 Å². The molecule has 122 valence electrons. The molecule has 23 heavy (non-hydrogen) atoms. The van der Waals surface area contributed by atoms with E-state index in [9.17, 15) is 4.79 Å². The highest BCUT2D eigenvalue weighted by molar-refractivity contribution is 7.10. The summed E-state index contributed by atoms with van der Waals surface area (Å²) < 4.78 is 1.84. The normalized spacial score (nSPS) is 21.6. The molecule has 0 radical (unpaired) electrons. The molecule has 2 aliphatic rings. The van der Waals surface area contributed by atoms with Crippen LogP contribution in [0.5, 0.6) is 0 Å². The molecule has 0 saturated carbocycles. The molecule has 1 unspecified atom stereocenters. The molecule has 4 rings (SSSR count). The molecule has 1 fully saturated rings. The molecule has 4 heterocycles. The summed E-state index contributed by atoms with van der Waals surface area (Å²) >= 11 is 1.81. The lowest BCUT2D eigenvalue weighted by molar-refractivity contribution is -0.133. The van der Waals surface area contributed by atoms with E-state index in [1.807, 2.05) is 34.2 Å². The maximum absolute atomic E-state index is 12.7. The van der Waals surface area contributed by atoms with Crippen molar-refractivity contribution in [1.29, 1.82) is 0 Å². The minimum Gasteiger partial charge on any atom is -0.337 e. The van der Waals surface area contributed by atoms with Gasteiger partial charge < -0.3 is 4.90 Å². The van der Waals surface area contributed by atoms with E-state index >= 15 is 0 Å². The zero-order chi connectivity index (χ0) is 15.8. The lowest BCUT2D eigenvalue weighted by Crippen LogP contribution is -2.42. The lowest BCUT2D eigenvalue weighted by atomic mass is 10.1. The van der Waals surface area contributed by atoms with Crippen molar-refractivity contribution in [2.24, 2.45) is 7.05 Å². The Labute approximate surface area is 140 Å². The number of aromatic nitrogens is 2. The molecular formula is C17H22N4OS. The number of fused-ring (bicyclic) bond motifs is 1. The number of rotatable bonds is 3. The Morgan fingerprint density at radius 1 is 1.43 bits per heavy atom. The molecule has 1 atom stereocenters. The van der Waals surface area contributed by atoms with Gasteiger partial charge in [-0.25, -0.2) is 0 Å². The molecule has 2 aliphatic heterocycles. The van der Waals surface area contributed by atoms with Gasteiger partial charge in [-0.05, 0) is 42.8 Å². The fourth-order valence-corrected chi connectivity index (χ4v) is 4.63. The smallest absolute Gasteiger partial charge is 0.237 e. The maximum Gasteiger partial charge on any atom is 0.237 e. The first kappa shape index (κ1) is 14.9. The molecule has 0 spiro atoms. The number of hydrogen-bond acceptors (Lipinski definition) is 4. The number of carbonyl (C=O) groups excluding carboxylic acids is 1. The number of aryl methyl sites for hydroxylation is 1. The molecule has 0 bridgehead atoms. The summed E-state index contributed by atoms with van der Waals surface area (Å²) in [5.41, 5.74) is 2.57. The second kappa shape index (κ2) is 6.09. The Bertz CT molecular complexity index is 707. The summed E-state index contributed by atoms with van der Waals surface area (Å²) in [6, 6.07) is 2.50. The van der Waals surface area contributed by atoms with Crippen LogP contribution >= 0.6 is 11.3 Å². The molecule has 0 aromatic carbocycles. The van der Waals surface area contributed by atoms with Crippen LogP contribution in [0.1, 0.15) is 34.9 Å². The van der Waals surface area contributed by atoms with Gasteiger partial charge in [-0.2, -0.15) is 5.10 Å². The molecular weight excluding hydrogens is 308 g/mol. The standard InChI is InChI=1S/C17H22N4OS/c1-19-10-14(9-18-19)15-3-2-6-20(15)12-17(22)21-7-4-16-13(11-21)5-8-23-16/h5,8-10,15H,2-4,6-7,11-12H2,1H3. The average Bonchev–Trinajstić information content (AvgIpc) is 3.26. The molecule has 2 aromatic rings. The zero-order valence-corrected chi connectivity index (χ0v) is 14.3. The van der Waals surface area contributed by atoms with Gasteiger partial charge in [-0.15, -0.1) is 11.3 Å². The summed E-state index contributed by atoms with van der Waals surface area (Å²) in [5.74, 6) is 0.262. The van der Waals surface area contributed by atoms with Crippen molar-refractivity contribution < 1.29 is 4.79 Å². The SMILES string of the molecule is Cn1cc(C2CCCN2CC(=O)N2CCc3sccc3C2)cn1. The van der Waals surface area contributed by atoms with E-state index in [-0.39, 0.29) is 5.91 Å². The predicted octanol–water partition coefficient (Wildman–Crippen LogP) is 2.20. The third-order valence-corrected chi connectivity index (χ3v) is 6.00. The first-order valence-corrected chi connectivity index (χ1v) is 9.14. The second-order valence-corrected chi connectivity index (χ2v) is 7.51. The van der Waals surface area contributed by atoms with Crippen LogP contribution in [0.15, 0.2) is 23.8 Å². The van der Waals surface area contributed by atoms with Crippen molar-refractivity contribution in [3.63, 3.8) is 0 Å². The van der Waals surface area contributed by atoms with Gasteiger partial charge in [0, 0.05) is 42.8 Å². The van der Waals surface area contributed by atoms with E-state index in [4.69, 9.17) is 0 Å². The van der Waals surface area contributed by atoms with E-state index in [1.54, 1.807) is 0 Å². The van der Waals surface area contributed by atoms with Gasteiger partial charge in [0.25, 0.3) is 0 Å². The Balaban J connectivity index is 1.42. The van der Waals surface area contributed by atoms with Gasteiger partial charge in [0.05, 0.1) is 12.7 Å². The van der Waals surface area contributed by atoms with Crippen molar-refractivity contribution in [2.45, 2.75) is 31.8 Å². The largest absolute Gasteiger partial charge is 0.337 e. The molecule has 2 aromatic heterocycles. The predicted molar refractivity (Wildman–Crippen MR) is 90.2 cm³/mol. The van der Waals surface area contributed by atoms with Crippen LogP contribution in [0, 0.1) is 0 Å². The molecule has 1 amide bonds. The number of carbonyl (C=O) groups is 1. The highest BCUT2D eigenvalue weighted by Gasteiger charge is 2.30. The molecule has 0 aliphatic carbocycles. The summed E-state index contributed by atoms with van der Waals surface area (Å²) in [7, 11) is 1.94. The Morgan fingerprint density at radius 2 is 2.35 bits per heavy atom. The second-order valence-electron chi connectivity index (χ2n) is 6.51. The molecule has 1 saturated heterocycles. The Hall–Kier alpha value is -1.66. The van der Waals surface area contributed by atoms with Crippen LogP contribution in [0.4, 0.5) is 0 Å². The lowest BCUT2D eigenvalue weighted by Gasteiger charge is -2.30. The van der Waals surface area contributed by atoms with Gasteiger partial charge in [-0.1, -0.05) is 0 Å². The fourth-order valence-electron chi connectivity index (χ4n) is 3.74. The third kappa shape index (κ3) is 2.93. The highest BCUT2D eigenvalue weighted by atomic mass is 32.1. The number of likely N-dealkylation sites (tertiary alicyclic amines) is 1. The van der Waals surface area contributed by atoms with Gasteiger partial charge in [-0.3, -0.25) is 14.4 Å². The third-order valence-electron chi connectivity index (χ3n) is 4.97. The quantitative estimate of drug-likeness (QED) is 0.866.